The highest BCUT2D eigenvalue weighted by Gasteiger charge is 2.18. The number of nitrogens with zero attached hydrogens (tertiary/aromatic N) is 1. The summed E-state index contributed by atoms with van der Waals surface area (Å²) < 4.78 is 29.9. The molecule has 2 aromatic rings. The zero-order valence-electron chi connectivity index (χ0n) is 12.5. The molecule has 1 aromatic heterocycles. The fraction of sp³-hybridized carbons (Fsp3) is 0.286. The van der Waals surface area contributed by atoms with E-state index in [1.165, 1.54) is 25.4 Å². The van der Waals surface area contributed by atoms with Gasteiger partial charge in [-0.1, -0.05) is 11.6 Å². The van der Waals surface area contributed by atoms with E-state index in [9.17, 15) is 13.2 Å². The highest BCUT2D eigenvalue weighted by atomic mass is 35.5. The first-order valence-corrected chi connectivity index (χ1v) is 9.62. The number of amides is 1. The summed E-state index contributed by atoms with van der Waals surface area (Å²) in [4.78, 5) is 15.0. The zero-order chi connectivity index (χ0) is 17.0. The van der Waals surface area contributed by atoms with Crippen LogP contribution in [0.1, 0.15) is 18.2 Å². The van der Waals surface area contributed by atoms with Crippen molar-refractivity contribution in [2.45, 2.75) is 18.4 Å². The number of benzene rings is 1. The molecule has 6 nitrogen and oxygen atoms in total. The van der Waals surface area contributed by atoms with Crippen LogP contribution < -0.4 is 10.1 Å². The van der Waals surface area contributed by atoms with Gasteiger partial charge in [-0.15, -0.1) is 11.3 Å². The van der Waals surface area contributed by atoms with Gasteiger partial charge >= 0.3 is 0 Å². The lowest BCUT2D eigenvalue weighted by molar-refractivity contribution is -0.114. The molecule has 0 aliphatic carbocycles. The lowest BCUT2D eigenvalue weighted by atomic mass is 10.2. The summed E-state index contributed by atoms with van der Waals surface area (Å²) in [5.74, 6) is -0.213. The SMILES string of the molecule is COc1ccc(Cl)cc1CS(=O)(=O)Cc1csc(NC(C)=O)n1. The number of anilines is 1. The second-order valence-electron chi connectivity index (χ2n) is 4.81. The third kappa shape index (κ3) is 5.19. The number of carbonyl (C=O) groups excluding carboxylic acids is 1. The molecule has 0 saturated carbocycles. The molecule has 1 amide bonds. The molecule has 1 heterocycles. The van der Waals surface area contributed by atoms with Crippen molar-refractivity contribution in [3.05, 3.63) is 39.9 Å². The summed E-state index contributed by atoms with van der Waals surface area (Å²) in [6.07, 6.45) is 0. The highest BCUT2D eigenvalue weighted by Crippen LogP contribution is 2.26. The van der Waals surface area contributed by atoms with Crippen molar-refractivity contribution in [1.82, 2.24) is 4.98 Å². The Morgan fingerprint density at radius 2 is 2.13 bits per heavy atom. The van der Waals surface area contributed by atoms with Crippen LogP contribution in [0.3, 0.4) is 0 Å². The monoisotopic (exact) mass is 374 g/mol. The number of halogens is 1. The molecular formula is C14H15ClN2O4S2. The number of thiazole rings is 1. The van der Waals surface area contributed by atoms with E-state index in [1.807, 2.05) is 0 Å². The summed E-state index contributed by atoms with van der Waals surface area (Å²) in [7, 11) is -1.99. The normalized spacial score (nSPS) is 11.3. The van der Waals surface area contributed by atoms with Crippen LogP contribution in [-0.2, 0) is 26.1 Å². The second kappa shape index (κ2) is 7.29. The molecule has 0 spiro atoms. The Labute approximate surface area is 143 Å². The van der Waals surface area contributed by atoms with E-state index in [0.29, 0.717) is 27.2 Å². The van der Waals surface area contributed by atoms with Crippen LogP contribution in [0.25, 0.3) is 0 Å². The van der Waals surface area contributed by atoms with Gasteiger partial charge in [-0.3, -0.25) is 4.79 Å². The van der Waals surface area contributed by atoms with Crippen molar-refractivity contribution in [3.63, 3.8) is 0 Å². The number of aromatic nitrogens is 1. The maximum atomic E-state index is 12.4. The molecular weight excluding hydrogens is 360 g/mol. The van der Waals surface area contributed by atoms with Crippen molar-refractivity contribution < 1.29 is 17.9 Å². The van der Waals surface area contributed by atoms with Gasteiger partial charge in [0.15, 0.2) is 15.0 Å². The lowest BCUT2D eigenvalue weighted by Gasteiger charge is -2.09. The molecule has 124 valence electrons. The van der Waals surface area contributed by atoms with Crippen LogP contribution in [0, 0.1) is 0 Å². The number of methoxy groups -OCH3 is 1. The molecule has 0 bridgehead atoms. The van der Waals surface area contributed by atoms with Gasteiger partial charge in [0.1, 0.15) is 5.75 Å². The Balaban J connectivity index is 2.15. The van der Waals surface area contributed by atoms with Crippen LogP contribution >= 0.6 is 22.9 Å². The van der Waals surface area contributed by atoms with E-state index in [-0.39, 0.29) is 17.4 Å². The number of nitrogens with one attached hydrogen (secondary N) is 1. The topological polar surface area (TPSA) is 85.4 Å². The quantitative estimate of drug-likeness (QED) is 0.840. The average molecular weight is 375 g/mol. The molecule has 0 atom stereocenters. The van der Waals surface area contributed by atoms with Crippen LogP contribution in [0.4, 0.5) is 5.13 Å². The van der Waals surface area contributed by atoms with Crippen molar-refractivity contribution in [2.24, 2.45) is 0 Å². The van der Waals surface area contributed by atoms with Crippen molar-refractivity contribution in [3.8, 4) is 5.75 Å². The Bertz CT molecular complexity index is 818. The molecule has 9 heteroatoms. The Morgan fingerprint density at radius 3 is 2.78 bits per heavy atom. The number of ether oxygens (including phenoxy) is 1. The predicted octanol–water partition coefficient (Wildman–Crippen LogP) is 2.88. The average Bonchev–Trinajstić information content (AvgIpc) is 2.83. The number of carbonyl (C=O) groups is 1. The van der Waals surface area contributed by atoms with E-state index in [4.69, 9.17) is 16.3 Å². The smallest absolute Gasteiger partial charge is 0.223 e. The summed E-state index contributed by atoms with van der Waals surface area (Å²) in [5.41, 5.74) is 0.886. The standard InChI is InChI=1S/C14H15ClN2O4S2/c1-9(18)16-14-17-12(6-22-14)8-23(19,20)7-10-5-11(15)3-4-13(10)21-2/h3-6H,7-8H2,1-2H3,(H,16,17,18). The van der Waals surface area contributed by atoms with Crippen LogP contribution in [0.15, 0.2) is 23.6 Å². The first kappa shape index (κ1) is 17.7. The Hall–Kier alpha value is -1.64. The van der Waals surface area contributed by atoms with Gasteiger partial charge in [0.05, 0.1) is 24.3 Å². The molecule has 0 saturated heterocycles. The van der Waals surface area contributed by atoms with E-state index in [0.717, 1.165) is 0 Å². The van der Waals surface area contributed by atoms with Gasteiger partial charge in [-0.25, -0.2) is 13.4 Å². The van der Waals surface area contributed by atoms with Crippen LogP contribution in [0.5, 0.6) is 5.75 Å². The first-order valence-electron chi connectivity index (χ1n) is 6.54. The Kier molecular flexibility index (Phi) is 5.61. The molecule has 1 aromatic carbocycles. The molecule has 1 N–H and O–H groups in total. The lowest BCUT2D eigenvalue weighted by Crippen LogP contribution is -2.10. The zero-order valence-corrected chi connectivity index (χ0v) is 14.9. The van der Waals surface area contributed by atoms with E-state index < -0.39 is 9.84 Å². The van der Waals surface area contributed by atoms with Crippen LogP contribution in [0.2, 0.25) is 5.02 Å². The van der Waals surface area contributed by atoms with E-state index in [2.05, 4.69) is 10.3 Å². The highest BCUT2D eigenvalue weighted by molar-refractivity contribution is 7.89. The summed E-state index contributed by atoms with van der Waals surface area (Å²) in [6, 6.07) is 4.84. The number of rotatable bonds is 6. The largest absolute Gasteiger partial charge is 0.496 e. The molecule has 2 rings (SSSR count). The predicted molar refractivity (Wildman–Crippen MR) is 90.7 cm³/mol. The van der Waals surface area contributed by atoms with Crippen molar-refractivity contribution in [1.29, 1.82) is 0 Å². The van der Waals surface area contributed by atoms with Gasteiger partial charge in [-0.2, -0.15) is 0 Å². The van der Waals surface area contributed by atoms with Crippen molar-refractivity contribution in [2.75, 3.05) is 12.4 Å². The Morgan fingerprint density at radius 1 is 1.39 bits per heavy atom. The van der Waals surface area contributed by atoms with E-state index in [1.54, 1.807) is 23.6 Å². The summed E-state index contributed by atoms with van der Waals surface area (Å²) in [5, 5.41) is 4.95. The minimum atomic E-state index is -3.46. The van der Waals surface area contributed by atoms with E-state index >= 15 is 0 Å². The molecule has 0 aliphatic rings. The molecule has 0 aliphatic heterocycles. The van der Waals surface area contributed by atoms with Gasteiger partial charge in [0.25, 0.3) is 0 Å². The number of sulfone groups is 1. The number of hydrogen-bond acceptors (Lipinski definition) is 6. The maximum Gasteiger partial charge on any atom is 0.223 e. The fourth-order valence-corrected chi connectivity index (χ4v) is 4.41. The molecule has 0 fully saturated rings. The van der Waals surface area contributed by atoms with Gasteiger partial charge in [-0.05, 0) is 18.2 Å². The maximum absolute atomic E-state index is 12.4. The molecule has 0 unspecified atom stereocenters. The molecule has 0 radical (unpaired) electrons. The minimum Gasteiger partial charge on any atom is -0.496 e. The third-order valence-corrected chi connectivity index (χ3v) is 5.35. The van der Waals surface area contributed by atoms with Gasteiger partial charge in [0.2, 0.25) is 5.91 Å². The van der Waals surface area contributed by atoms with Crippen molar-refractivity contribution >= 4 is 43.8 Å². The fourth-order valence-electron chi connectivity index (χ4n) is 1.95. The summed E-state index contributed by atoms with van der Waals surface area (Å²) in [6.45, 7) is 1.36. The van der Waals surface area contributed by atoms with Gasteiger partial charge < -0.3 is 10.1 Å². The van der Waals surface area contributed by atoms with Crippen LogP contribution in [-0.4, -0.2) is 26.4 Å². The second-order valence-corrected chi connectivity index (χ2v) is 8.17. The summed E-state index contributed by atoms with van der Waals surface area (Å²) >= 11 is 7.10. The van der Waals surface area contributed by atoms with Gasteiger partial charge in [0, 0.05) is 22.9 Å². The number of hydrogen-bond donors (Lipinski definition) is 1. The minimum absolute atomic E-state index is 0.205. The first-order chi connectivity index (χ1) is 10.8. The third-order valence-electron chi connectivity index (χ3n) is 2.82. The molecule has 23 heavy (non-hydrogen) atoms.